The Kier molecular flexibility index (Phi) is 4.71. The van der Waals surface area contributed by atoms with Crippen molar-refractivity contribution in [3.63, 3.8) is 0 Å². The van der Waals surface area contributed by atoms with Gasteiger partial charge in [-0.25, -0.2) is 4.79 Å². The van der Waals surface area contributed by atoms with Crippen LogP contribution in [0.2, 0.25) is 0 Å². The molecule has 0 radical (unpaired) electrons. The number of fused-ring (bicyclic) bond motifs is 1. The van der Waals surface area contributed by atoms with Crippen LogP contribution in [-0.2, 0) is 11.3 Å². The fraction of sp³-hybridized carbons (Fsp3) is 0.500. The molecule has 0 fully saturated rings. The highest BCUT2D eigenvalue weighted by atomic mass is 16.4. The highest BCUT2D eigenvalue weighted by Gasteiger charge is 2.20. The predicted octanol–water partition coefficient (Wildman–Crippen LogP) is 1.30. The summed E-state index contributed by atoms with van der Waals surface area (Å²) < 4.78 is 6.47. The van der Waals surface area contributed by atoms with E-state index < -0.39 is 5.76 Å². The molecule has 0 unspecified atom stereocenters. The van der Waals surface area contributed by atoms with E-state index in [2.05, 4.69) is 24.1 Å². The largest absolute Gasteiger partial charge is 0.420 e. The van der Waals surface area contributed by atoms with E-state index in [9.17, 15) is 9.59 Å². The van der Waals surface area contributed by atoms with Gasteiger partial charge in [0.2, 0.25) is 5.91 Å². The molecule has 1 aromatic heterocycles. The molecule has 6 nitrogen and oxygen atoms in total. The maximum Gasteiger partial charge on any atom is 0.420 e. The molecule has 0 spiro atoms. The first-order valence-electron chi connectivity index (χ1n) is 7.28. The van der Waals surface area contributed by atoms with Crippen LogP contribution in [0.3, 0.4) is 0 Å². The third kappa shape index (κ3) is 3.98. The third-order valence-corrected chi connectivity index (χ3v) is 3.38. The third-order valence-electron chi connectivity index (χ3n) is 3.38. The number of hydrogen-bond acceptors (Lipinski definition) is 4. The van der Waals surface area contributed by atoms with E-state index in [0.29, 0.717) is 17.6 Å². The minimum absolute atomic E-state index is 0.0338. The van der Waals surface area contributed by atoms with Gasteiger partial charge in [-0.15, -0.1) is 0 Å². The summed E-state index contributed by atoms with van der Waals surface area (Å²) in [6, 6.07) is 7.08. The van der Waals surface area contributed by atoms with Gasteiger partial charge in [0.15, 0.2) is 5.58 Å². The van der Waals surface area contributed by atoms with E-state index in [1.807, 2.05) is 20.2 Å². The molecule has 0 aliphatic rings. The Morgan fingerprint density at radius 1 is 1.32 bits per heavy atom. The van der Waals surface area contributed by atoms with Gasteiger partial charge in [0.05, 0.1) is 5.52 Å². The van der Waals surface area contributed by atoms with Crippen molar-refractivity contribution >= 4 is 17.0 Å². The van der Waals surface area contributed by atoms with Gasteiger partial charge in [-0.2, -0.15) is 0 Å². The molecule has 1 heterocycles. The van der Waals surface area contributed by atoms with Crippen LogP contribution in [0.25, 0.3) is 11.1 Å². The van der Waals surface area contributed by atoms with Crippen molar-refractivity contribution in [2.24, 2.45) is 5.41 Å². The quantitative estimate of drug-likeness (QED) is 0.873. The molecular weight excluding hydrogens is 282 g/mol. The summed E-state index contributed by atoms with van der Waals surface area (Å²) in [6.45, 7) is 5.56. The van der Waals surface area contributed by atoms with Gasteiger partial charge >= 0.3 is 5.76 Å². The molecule has 22 heavy (non-hydrogen) atoms. The number of hydrogen-bond donors (Lipinski definition) is 1. The second-order valence-corrected chi connectivity index (χ2v) is 6.60. The van der Waals surface area contributed by atoms with Crippen LogP contribution in [0.1, 0.15) is 13.8 Å². The van der Waals surface area contributed by atoms with Gasteiger partial charge in [0, 0.05) is 13.1 Å². The number of benzene rings is 1. The summed E-state index contributed by atoms with van der Waals surface area (Å²) in [7, 11) is 4.00. The number of nitrogens with one attached hydrogen (secondary N) is 1. The molecule has 2 aromatic rings. The van der Waals surface area contributed by atoms with E-state index in [1.165, 1.54) is 4.57 Å². The molecule has 1 N–H and O–H groups in total. The van der Waals surface area contributed by atoms with Crippen molar-refractivity contribution < 1.29 is 9.21 Å². The van der Waals surface area contributed by atoms with Crippen molar-refractivity contribution in [3.05, 3.63) is 34.8 Å². The maximum absolute atomic E-state index is 12.1. The van der Waals surface area contributed by atoms with Gasteiger partial charge in [0.25, 0.3) is 0 Å². The lowest BCUT2D eigenvalue weighted by molar-refractivity contribution is -0.122. The average Bonchev–Trinajstić information content (AvgIpc) is 2.72. The normalized spacial score (nSPS) is 12.0. The van der Waals surface area contributed by atoms with Crippen LogP contribution in [0.5, 0.6) is 0 Å². The summed E-state index contributed by atoms with van der Waals surface area (Å²) in [5, 5.41) is 2.89. The molecular formula is C16H23N3O3. The van der Waals surface area contributed by atoms with Crippen LogP contribution < -0.4 is 11.1 Å². The molecule has 120 valence electrons. The number of rotatable bonds is 6. The van der Waals surface area contributed by atoms with E-state index in [0.717, 1.165) is 6.54 Å². The minimum Gasteiger partial charge on any atom is -0.408 e. The Labute approximate surface area is 129 Å². The fourth-order valence-corrected chi connectivity index (χ4v) is 2.61. The number of carbonyl (C=O) groups excluding carboxylic acids is 1. The van der Waals surface area contributed by atoms with E-state index in [1.54, 1.807) is 18.2 Å². The SMILES string of the molecule is CN(C)CC(C)(C)CNC(=O)Cn1c(=O)oc2ccccc21. The molecule has 0 aliphatic carbocycles. The Balaban J connectivity index is 2.03. The summed E-state index contributed by atoms with van der Waals surface area (Å²) in [4.78, 5) is 26.0. The Morgan fingerprint density at radius 3 is 2.68 bits per heavy atom. The topological polar surface area (TPSA) is 67.5 Å². The Bertz CT molecular complexity index is 713. The van der Waals surface area contributed by atoms with Crippen molar-refractivity contribution in [2.75, 3.05) is 27.2 Å². The highest BCUT2D eigenvalue weighted by molar-refractivity contribution is 5.79. The number of carbonyl (C=O) groups is 1. The Hall–Kier alpha value is -2.08. The maximum atomic E-state index is 12.1. The summed E-state index contributed by atoms with van der Waals surface area (Å²) in [5.41, 5.74) is 1.09. The lowest BCUT2D eigenvalue weighted by Gasteiger charge is -2.28. The summed E-state index contributed by atoms with van der Waals surface area (Å²) in [6.07, 6.45) is 0. The van der Waals surface area contributed by atoms with Crippen LogP contribution in [0.15, 0.2) is 33.5 Å². The second-order valence-electron chi connectivity index (χ2n) is 6.60. The van der Waals surface area contributed by atoms with Crippen molar-refractivity contribution in [3.8, 4) is 0 Å². The smallest absolute Gasteiger partial charge is 0.408 e. The Morgan fingerprint density at radius 2 is 2.00 bits per heavy atom. The first-order chi connectivity index (χ1) is 10.3. The number of nitrogens with zero attached hydrogens (tertiary/aromatic N) is 2. The van der Waals surface area contributed by atoms with Crippen molar-refractivity contribution in [1.82, 2.24) is 14.8 Å². The molecule has 0 bridgehead atoms. The molecule has 1 amide bonds. The number of para-hydroxylation sites is 2. The second kappa shape index (κ2) is 6.36. The first-order valence-corrected chi connectivity index (χ1v) is 7.28. The van der Waals surface area contributed by atoms with E-state index >= 15 is 0 Å². The zero-order valence-electron chi connectivity index (χ0n) is 13.5. The molecule has 0 saturated heterocycles. The zero-order chi connectivity index (χ0) is 16.3. The molecule has 0 atom stereocenters. The highest BCUT2D eigenvalue weighted by Crippen LogP contribution is 2.14. The van der Waals surface area contributed by atoms with Crippen molar-refractivity contribution in [2.45, 2.75) is 20.4 Å². The molecule has 2 rings (SSSR count). The van der Waals surface area contributed by atoms with Crippen LogP contribution in [-0.4, -0.2) is 42.6 Å². The zero-order valence-corrected chi connectivity index (χ0v) is 13.5. The average molecular weight is 305 g/mol. The van der Waals surface area contributed by atoms with E-state index in [4.69, 9.17) is 4.42 Å². The van der Waals surface area contributed by atoms with Gasteiger partial charge < -0.3 is 14.6 Å². The van der Waals surface area contributed by atoms with Gasteiger partial charge in [-0.1, -0.05) is 26.0 Å². The number of aromatic nitrogens is 1. The molecule has 0 aliphatic heterocycles. The standard InChI is InChI=1S/C16H23N3O3/c1-16(2,11-18(3)4)10-17-14(20)9-19-12-7-5-6-8-13(12)22-15(19)21/h5-8H,9-11H2,1-4H3,(H,17,20). The fourth-order valence-electron chi connectivity index (χ4n) is 2.61. The first kappa shape index (κ1) is 16.3. The van der Waals surface area contributed by atoms with Crippen LogP contribution in [0.4, 0.5) is 0 Å². The van der Waals surface area contributed by atoms with Gasteiger partial charge in [0.1, 0.15) is 6.54 Å². The lowest BCUT2D eigenvalue weighted by atomic mass is 9.93. The monoisotopic (exact) mass is 305 g/mol. The van der Waals surface area contributed by atoms with Gasteiger partial charge in [-0.3, -0.25) is 9.36 Å². The minimum atomic E-state index is -0.510. The lowest BCUT2D eigenvalue weighted by Crippen LogP contribution is -2.41. The summed E-state index contributed by atoms with van der Waals surface area (Å²) >= 11 is 0. The predicted molar refractivity (Wildman–Crippen MR) is 85.8 cm³/mol. The van der Waals surface area contributed by atoms with Crippen LogP contribution in [0, 0.1) is 5.41 Å². The number of amides is 1. The summed E-state index contributed by atoms with van der Waals surface area (Å²) in [5.74, 6) is -0.704. The number of oxazole rings is 1. The van der Waals surface area contributed by atoms with Crippen molar-refractivity contribution in [1.29, 1.82) is 0 Å². The molecule has 1 aromatic carbocycles. The van der Waals surface area contributed by atoms with Gasteiger partial charge in [-0.05, 0) is 31.6 Å². The van der Waals surface area contributed by atoms with E-state index in [-0.39, 0.29) is 17.9 Å². The molecule has 6 heteroatoms. The molecule has 0 saturated carbocycles. The van der Waals surface area contributed by atoms with Crippen LogP contribution >= 0.6 is 0 Å².